The van der Waals surface area contributed by atoms with Crippen molar-refractivity contribution in [1.82, 2.24) is 14.5 Å². The van der Waals surface area contributed by atoms with Gasteiger partial charge in [-0.25, -0.2) is 4.98 Å². The molecule has 1 aromatic heterocycles. The van der Waals surface area contributed by atoms with Crippen LogP contribution in [-0.2, 0) is 16.9 Å². The molecule has 0 aromatic carbocycles. The molecule has 2 aliphatic rings. The summed E-state index contributed by atoms with van der Waals surface area (Å²) in [7, 11) is 0. The van der Waals surface area contributed by atoms with E-state index in [0.29, 0.717) is 12.3 Å². The minimum atomic E-state index is -0.179. The van der Waals surface area contributed by atoms with Crippen molar-refractivity contribution in [3.8, 4) is 0 Å². The van der Waals surface area contributed by atoms with Gasteiger partial charge in [-0.2, -0.15) is 0 Å². The van der Waals surface area contributed by atoms with Crippen LogP contribution >= 0.6 is 0 Å². The number of hydrogen-bond donors (Lipinski definition) is 0. The number of hydrogen-bond acceptors (Lipinski definition) is 2. The minimum absolute atomic E-state index is 0.179. The van der Waals surface area contributed by atoms with E-state index in [1.54, 1.807) is 0 Å². The van der Waals surface area contributed by atoms with Crippen LogP contribution < -0.4 is 0 Å². The molecule has 1 fully saturated rings. The Morgan fingerprint density at radius 2 is 2.40 bits per heavy atom. The van der Waals surface area contributed by atoms with Crippen LogP contribution in [-0.4, -0.2) is 26.9 Å². The maximum Gasteiger partial charge on any atom is 0.224 e. The Balaban J connectivity index is 2.18. The highest BCUT2D eigenvalue weighted by molar-refractivity contribution is 5.80. The Kier molecular flexibility index (Phi) is 1.56. The van der Waals surface area contributed by atoms with E-state index in [-0.39, 0.29) is 11.6 Å². The number of rotatable bonds is 0. The highest BCUT2D eigenvalue weighted by atomic mass is 16.2. The molecule has 0 aliphatic carbocycles. The SMILES string of the molecule is CC1CC(=O)N2CCc3cncn3C12C. The van der Waals surface area contributed by atoms with Crippen LogP contribution in [0.25, 0.3) is 0 Å². The van der Waals surface area contributed by atoms with Crippen molar-refractivity contribution in [1.29, 1.82) is 0 Å². The van der Waals surface area contributed by atoms with Crippen LogP contribution in [0.3, 0.4) is 0 Å². The van der Waals surface area contributed by atoms with Gasteiger partial charge in [0, 0.05) is 37.2 Å². The lowest BCUT2D eigenvalue weighted by molar-refractivity contribution is -0.134. The van der Waals surface area contributed by atoms with Crippen LogP contribution in [0.1, 0.15) is 26.0 Å². The van der Waals surface area contributed by atoms with Crippen LogP contribution in [0.2, 0.25) is 0 Å². The standard InChI is InChI=1S/C11H15N3O/c1-8-5-10(15)13-4-3-9-6-12-7-14(9)11(8,13)2/h6-8H,3-5H2,1-2H3. The second-order valence-corrected chi connectivity index (χ2v) is 4.75. The predicted octanol–water partition coefficient (Wildman–Crippen LogP) is 0.980. The van der Waals surface area contributed by atoms with Crippen LogP contribution in [0.5, 0.6) is 0 Å². The van der Waals surface area contributed by atoms with Gasteiger partial charge in [0.25, 0.3) is 0 Å². The molecule has 3 rings (SSSR count). The lowest BCUT2D eigenvalue weighted by atomic mass is 9.94. The molecule has 0 N–H and O–H groups in total. The Bertz CT molecular complexity index is 425. The molecule has 0 radical (unpaired) electrons. The molecule has 4 heteroatoms. The molecule has 0 spiro atoms. The molecule has 3 heterocycles. The summed E-state index contributed by atoms with van der Waals surface area (Å²) >= 11 is 0. The van der Waals surface area contributed by atoms with Crippen LogP contribution in [0, 0.1) is 5.92 Å². The Morgan fingerprint density at radius 3 is 3.20 bits per heavy atom. The fourth-order valence-electron chi connectivity index (χ4n) is 2.94. The number of carbonyl (C=O) groups is 1. The molecular weight excluding hydrogens is 190 g/mol. The number of amides is 1. The topological polar surface area (TPSA) is 38.1 Å². The summed E-state index contributed by atoms with van der Waals surface area (Å²) in [6.45, 7) is 5.13. The summed E-state index contributed by atoms with van der Waals surface area (Å²) in [5.74, 6) is 0.641. The summed E-state index contributed by atoms with van der Waals surface area (Å²) < 4.78 is 2.17. The summed E-state index contributed by atoms with van der Waals surface area (Å²) in [6, 6.07) is 0. The van der Waals surface area contributed by atoms with E-state index >= 15 is 0 Å². The maximum atomic E-state index is 11.8. The molecule has 1 saturated heterocycles. The first-order valence-corrected chi connectivity index (χ1v) is 5.46. The Morgan fingerprint density at radius 1 is 1.60 bits per heavy atom. The van der Waals surface area contributed by atoms with Gasteiger partial charge >= 0.3 is 0 Å². The average molecular weight is 205 g/mol. The number of fused-ring (bicyclic) bond motifs is 3. The highest BCUT2D eigenvalue weighted by Crippen LogP contribution is 2.42. The zero-order valence-corrected chi connectivity index (χ0v) is 9.10. The van der Waals surface area contributed by atoms with Crippen molar-refractivity contribution in [2.45, 2.75) is 32.4 Å². The third-order valence-corrected chi connectivity index (χ3v) is 4.06. The quantitative estimate of drug-likeness (QED) is 0.633. The van der Waals surface area contributed by atoms with Crippen molar-refractivity contribution < 1.29 is 4.79 Å². The van der Waals surface area contributed by atoms with Gasteiger partial charge in [0.2, 0.25) is 5.91 Å². The Labute approximate surface area is 88.9 Å². The Hall–Kier alpha value is -1.32. The minimum Gasteiger partial charge on any atom is -0.319 e. The van der Waals surface area contributed by atoms with Gasteiger partial charge in [-0.15, -0.1) is 0 Å². The second kappa shape index (κ2) is 2.62. The lowest BCUT2D eigenvalue weighted by Crippen LogP contribution is -2.52. The zero-order chi connectivity index (χ0) is 10.6. The van der Waals surface area contributed by atoms with Crippen molar-refractivity contribution in [2.24, 2.45) is 5.92 Å². The monoisotopic (exact) mass is 205 g/mol. The van der Waals surface area contributed by atoms with Gasteiger partial charge in [0.15, 0.2) is 0 Å². The smallest absolute Gasteiger partial charge is 0.224 e. The molecule has 2 unspecified atom stereocenters. The first-order chi connectivity index (χ1) is 7.14. The molecule has 1 aromatic rings. The third kappa shape index (κ3) is 0.919. The van der Waals surface area contributed by atoms with E-state index < -0.39 is 0 Å². The lowest BCUT2D eigenvalue weighted by Gasteiger charge is -2.43. The highest BCUT2D eigenvalue weighted by Gasteiger charge is 2.50. The molecule has 1 amide bonds. The van der Waals surface area contributed by atoms with Crippen molar-refractivity contribution >= 4 is 5.91 Å². The first kappa shape index (κ1) is 8.95. The molecule has 2 aliphatic heterocycles. The maximum absolute atomic E-state index is 11.8. The molecule has 80 valence electrons. The largest absolute Gasteiger partial charge is 0.319 e. The summed E-state index contributed by atoms with van der Waals surface area (Å²) in [6.07, 6.45) is 5.36. The zero-order valence-electron chi connectivity index (χ0n) is 9.10. The van der Waals surface area contributed by atoms with Crippen LogP contribution in [0.4, 0.5) is 0 Å². The van der Waals surface area contributed by atoms with E-state index in [1.165, 1.54) is 5.69 Å². The first-order valence-electron chi connectivity index (χ1n) is 5.46. The van der Waals surface area contributed by atoms with Gasteiger partial charge in [0.05, 0.1) is 6.33 Å². The molecule has 0 saturated carbocycles. The summed E-state index contributed by atoms with van der Waals surface area (Å²) in [5.41, 5.74) is 1.07. The number of aromatic nitrogens is 2. The molecule has 2 atom stereocenters. The van der Waals surface area contributed by atoms with Gasteiger partial charge in [-0.3, -0.25) is 4.79 Å². The van der Waals surface area contributed by atoms with Crippen molar-refractivity contribution in [2.75, 3.05) is 6.54 Å². The van der Waals surface area contributed by atoms with Crippen molar-refractivity contribution in [3.05, 3.63) is 18.2 Å². The fourth-order valence-corrected chi connectivity index (χ4v) is 2.94. The van der Waals surface area contributed by atoms with E-state index in [9.17, 15) is 4.79 Å². The number of imidazole rings is 1. The normalized spacial score (nSPS) is 34.1. The van der Waals surface area contributed by atoms with Gasteiger partial charge in [0.1, 0.15) is 5.66 Å². The number of nitrogens with zero attached hydrogens (tertiary/aromatic N) is 3. The van der Waals surface area contributed by atoms with E-state index in [2.05, 4.69) is 23.4 Å². The van der Waals surface area contributed by atoms with E-state index in [0.717, 1.165) is 13.0 Å². The van der Waals surface area contributed by atoms with Crippen LogP contribution in [0.15, 0.2) is 12.5 Å². The van der Waals surface area contributed by atoms with E-state index in [1.807, 2.05) is 17.4 Å². The average Bonchev–Trinajstić information content (AvgIpc) is 2.73. The summed E-state index contributed by atoms with van der Waals surface area (Å²) in [4.78, 5) is 18.0. The van der Waals surface area contributed by atoms with Gasteiger partial charge in [-0.05, 0) is 6.92 Å². The third-order valence-electron chi connectivity index (χ3n) is 4.06. The molecule has 4 nitrogen and oxygen atoms in total. The van der Waals surface area contributed by atoms with E-state index in [4.69, 9.17) is 0 Å². The molecule has 15 heavy (non-hydrogen) atoms. The molecule has 0 bridgehead atoms. The van der Waals surface area contributed by atoms with Gasteiger partial charge < -0.3 is 9.47 Å². The molecular formula is C11H15N3O. The van der Waals surface area contributed by atoms with Gasteiger partial charge in [-0.1, -0.05) is 6.92 Å². The summed E-state index contributed by atoms with van der Waals surface area (Å²) in [5, 5.41) is 0. The fraction of sp³-hybridized carbons (Fsp3) is 0.636. The van der Waals surface area contributed by atoms with Crippen molar-refractivity contribution in [3.63, 3.8) is 0 Å². The predicted molar refractivity (Wildman–Crippen MR) is 55.1 cm³/mol. The second-order valence-electron chi connectivity index (χ2n) is 4.75. The number of carbonyl (C=O) groups excluding carboxylic acids is 1.